The lowest BCUT2D eigenvalue weighted by molar-refractivity contribution is -0.117. The van der Waals surface area contributed by atoms with E-state index >= 15 is 0 Å². The summed E-state index contributed by atoms with van der Waals surface area (Å²) in [5.41, 5.74) is 4.37. The van der Waals surface area contributed by atoms with E-state index in [2.05, 4.69) is 84.1 Å². The normalized spacial score (nSPS) is 19.5. The molecular weight excluding hydrogens is 496 g/mol. The third-order valence-electron chi connectivity index (χ3n) is 6.46. The first-order chi connectivity index (χ1) is 15.8. The minimum Gasteiger partial charge on any atom is -0.431 e. The molecule has 2 heterocycles. The summed E-state index contributed by atoms with van der Waals surface area (Å²) in [6.07, 6.45) is 0.817. The lowest BCUT2D eigenvalue weighted by Gasteiger charge is -2.51. The number of rotatable bonds is 4. The van der Waals surface area contributed by atoms with Crippen LogP contribution in [0.1, 0.15) is 38.3 Å². The number of carbonyl (C=O) groups is 1. The molecule has 1 atom stereocenters. The molecule has 168 valence electrons. The number of benzene rings is 3. The molecule has 4 nitrogen and oxygen atoms in total. The van der Waals surface area contributed by atoms with Gasteiger partial charge >= 0.3 is 0 Å². The number of nitrogens with zero attached hydrogens (tertiary/aromatic N) is 2. The molecule has 33 heavy (non-hydrogen) atoms. The number of carbonyl (C=O) groups excluding carboxylic acids is 1. The molecule has 0 radical (unpaired) electrons. The molecule has 5 rings (SSSR count). The summed E-state index contributed by atoms with van der Waals surface area (Å²) in [5.74, 6) is 0.317. The monoisotopic (exact) mass is 520 g/mol. The Bertz CT molecular complexity index is 1300. The van der Waals surface area contributed by atoms with E-state index in [0.29, 0.717) is 5.22 Å². The molecule has 1 aliphatic rings. The van der Waals surface area contributed by atoms with E-state index in [1.165, 1.54) is 22.9 Å². The first-order valence-electron chi connectivity index (χ1n) is 10.9. The average molecular weight is 521 g/mol. The zero-order valence-electron chi connectivity index (χ0n) is 18.8. The summed E-state index contributed by atoms with van der Waals surface area (Å²) in [6, 6.07) is 24.5. The van der Waals surface area contributed by atoms with Gasteiger partial charge in [-0.1, -0.05) is 77.1 Å². The smallest absolute Gasteiger partial charge is 0.257 e. The number of thioether (sulfide) groups is 1. The number of aromatic nitrogens is 1. The molecule has 1 aromatic heterocycles. The van der Waals surface area contributed by atoms with Gasteiger partial charge in [0.1, 0.15) is 5.52 Å². The lowest BCUT2D eigenvalue weighted by Crippen LogP contribution is -2.56. The van der Waals surface area contributed by atoms with E-state index in [1.54, 1.807) is 0 Å². The highest BCUT2D eigenvalue weighted by molar-refractivity contribution is 9.10. The molecule has 0 aliphatic carbocycles. The first kappa shape index (κ1) is 22.2. The maximum absolute atomic E-state index is 13.6. The largest absolute Gasteiger partial charge is 0.431 e. The minimum absolute atomic E-state index is 0.0533. The van der Waals surface area contributed by atoms with Gasteiger partial charge in [0.15, 0.2) is 5.58 Å². The van der Waals surface area contributed by atoms with E-state index in [-0.39, 0.29) is 22.6 Å². The standard InChI is InChI=1S/C27H25BrN2O2S/c1-26(2)17-27(3,18-12-14-19(28)15-13-18)20-8-4-6-10-22(20)30(26)24(31)16-33-25-29-21-9-5-7-11-23(21)32-25/h4-15H,16-17H2,1-3H3/t27-/m1/s1. The van der Waals surface area contributed by atoms with Crippen molar-refractivity contribution >= 4 is 50.4 Å². The van der Waals surface area contributed by atoms with Crippen molar-refractivity contribution in [1.29, 1.82) is 0 Å². The Hall–Kier alpha value is -2.57. The van der Waals surface area contributed by atoms with Crippen molar-refractivity contribution in [3.8, 4) is 0 Å². The highest BCUT2D eigenvalue weighted by Crippen LogP contribution is 2.50. The number of amides is 1. The highest BCUT2D eigenvalue weighted by Gasteiger charge is 2.47. The van der Waals surface area contributed by atoms with Gasteiger partial charge < -0.3 is 9.32 Å². The van der Waals surface area contributed by atoms with Gasteiger partial charge in [0.25, 0.3) is 5.22 Å². The summed E-state index contributed by atoms with van der Waals surface area (Å²) < 4.78 is 6.87. The van der Waals surface area contributed by atoms with Crippen LogP contribution < -0.4 is 4.90 Å². The van der Waals surface area contributed by atoms with Crippen LogP contribution in [0.3, 0.4) is 0 Å². The van der Waals surface area contributed by atoms with Crippen LogP contribution in [0.25, 0.3) is 11.1 Å². The Morgan fingerprint density at radius 2 is 1.73 bits per heavy atom. The van der Waals surface area contributed by atoms with Gasteiger partial charge in [0.05, 0.1) is 5.75 Å². The van der Waals surface area contributed by atoms with Crippen molar-refractivity contribution < 1.29 is 9.21 Å². The second-order valence-electron chi connectivity index (χ2n) is 9.31. The second kappa shape index (κ2) is 8.33. The Morgan fingerprint density at radius 1 is 1.03 bits per heavy atom. The van der Waals surface area contributed by atoms with Gasteiger partial charge in [-0.05, 0) is 61.7 Å². The molecule has 1 amide bonds. The number of hydrogen-bond acceptors (Lipinski definition) is 4. The molecule has 3 aromatic carbocycles. The van der Waals surface area contributed by atoms with Gasteiger partial charge in [0, 0.05) is 21.1 Å². The molecule has 0 N–H and O–H groups in total. The summed E-state index contributed by atoms with van der Waals surface area (Å²) >= 11 is 4.90. The number of hydrogen-bond donors (Lipinski definition) is 0. The van der Waals surface area contributed by atoms with Crippen LogP contribution in [0.5, 0.6) is 0 Å². The third kappa shape index (κ3) is 4.00. The van der Waals surface area contributed by atoms with Gasteiger partial charge in [-0.2, -0.15) is 0 Å². The van der Waals surface area contributed by atoms with Crippen LogP contribution in [0, 0.1) is 0 Å². The molecule has 1 aliphatic heterocycles. The van der Waals surface area contributed by atoms with Crippen molar-refractivity contribution in [1.82, 2.24) is 4.98 Å². The molecule has 0 saturated carbocycles. The molecule has 0 saturated heterocycles. The van der Waals surface area contributed by atoms with Crippen molar-refractivity contribution in [2.24, 2.45) is 0 Å². The number of halogens is 1. The Morgan fingerprint density at radius 3 is 2.48 bits per heavy atom. The SMILES string of the molecule is CC1(C)C[C@](C)(c2ccc(Br)cc2)c2ccccc2N1C(=O)CSc1nc2ccccc2o1. The quantitative estimate of drug-likeness (QED) is 0.267. The fourth-order valence-electron chi connectivity index (χ4n) is 5.15. The number of fused-ring (bicyclic) bond motifs is 2. The van der Waals surface area contributed by atoms with Crippen LogP contribution in [0.2, 0.25) is 0 Å². The number of oxazole rings is 1. The molecule has 0 fully saturated rings. The predicted molar refractivity (Wildman–Crippen MR) is 138 cm³/mol. The second-order valence-corrected chi connectivity index (χ2v) is 11.2. The van der Waals surface area contributed by atoms with Crippen molar-refractivity contribution in [3.63, 3.8) is 0 Å². The van der Waals surface area contributed by atoms with Crippen molar-refractivity contribution in [2.45, 2.75) is 43.4 Å². The molecule has 6 heteroatoms. The highest BCUT2D eigenvalue weighted by atomic mass is 79.9. The summed E-state index contributed by atoms with van der Waals surface area (Å²) in [7, 11) is 0. The minimum atomic E-state index is -0.366. The van der Waals surface area contributed by atoms with Crippen molar-refractivity contribution in [3.05, 3.63) is 88.4 Å². The van der Waals surface area contributed by atoms with Crippen LogP contribution in [-0.2, 0) is 10.2 Å². The molecular formula is C27H25BrN2O2S. The number of anilines is 1. The fraction of sp³-hybridized carbons (Fsp3) is 0.259. The molecule has 4 aromatic rings. The van der Waals surface area contributed by atoms with E-state index in [9.17, 15) is 4.79 Å². The lowest BCUT2D eigenvalue weighted by atomic mass is 9.65. The van der Waals surface area contributed by atoms with E-state index in [4.69, 9.17) is 4.42 Å². The van der Waals surface area contributed by atoms with Crippen LogP contribution in [-0.4, -0.2) is 22.2 Å². The maximum Gasteiger partial charge on any atom is 0.257 e. The summed E-state index contributed by atoms with van der Waals surface area (Å²) in [5, 5.41) is 0.521. The molecule has 0 unspecified atom stereocenters. The third-order valence-corrected chi connectivity index (χ3v) is 7.80. The van der Waals surface area contributed by atoms with Crippen molar-refractivity contribution in [2.75, 3.05) is 10.7 Å². The van der Waals surface area contributed by atoms with Gasteiger partial charge in [-0.15, -0.1) is 0 Å². The van der Waals surface area contributed by atoms with Crippen LogP contribution in [0.15, 0.2) is 86.9 Å². The Kier molecular flexibility index (Phi) is 5.61. The van der Waals surface area contributed by atoms with E-state index in [1.807, 2.05) is 35.2 Å². The van der Waals surface area contributed by atoms with E-state index in [0.717, 1.165) is 27.7 Å². The summed E-state index contributed by atoms with van der Waals surface area (Å²) in [4.78, 5) is 20.1. The fourth-order valence-corrected chi connectivity index (χ4v) is 6.10. The maximum atomic E-state index is 13.6. The zero-order chi connectivity index (χ0) is 23.2. The van der Waals surface area contributed by atoms with E-state index < -0.39 is 0 Å². The van der Waals surface area contributed by atoms with Crippen LogP contribution in [0.4, 0.5) is 5.69 Å². The van der Waals surface area contributed by atoms with Gasteiger partial charge in [-0.3, -0.25) is 4.79 Å². The molecule has 0 spiro atoms. The zero-order valence-corrected chi connectivity index (χ0v) is 21.2. The Balaban J connectivity index is 1.47. The predicted octanol–water partition coefficient (Wildman–Crippen LogP) is 7.20. The van der Waals surface area contributed by atoms with Crippen LogP contribution >= 0.6 is 27.7 Å². The first-order valence-corrected chi connectivity index (χ1v) is 12.7. The average Bonchev–Trinajstić information content (AvgIpc) is 3.20. The number of para-hydroxylation sites is 3. The Labute approximate surface area is 206 Å². The molecule has 0 bridgehead atoms. The summed E-state index contributed by atoms with van der Waals surface area (Å²) in [6.45, 7) is 6.59. The topological polar surface area (TPSA) is 46.3 Å². The van der Waals surface area contributed by atoms with Gasteiger partial charge in [0.2, 0.25) is 5.91 Å². The van der Waals surface area contributed by atoms with Gasteiger partial charge in [-0.25, -0.2) is 4.98 Å².